The van der Waals surface area contributed by atoms with E-state index in [0.717, 1.165) is 12.8 Å². The van der Waals surface area contributed by atoms with Crippen molar-refractivity contribution in [2.75, 3.05) is 0 Å². The zero-order valence-electron chi connectivity index (χ0n) is 10.2. The molecule has 3 nitrogen and oxygen atoms in total. The number of thiophene rings is 1. The summed E-state index contributed by atoms with van der Waals surface area (Å²) in [6.45, 7) is 2.62. The third kappa shape index (κ3) is 3.00. The zero-order chi connectivity index (χ0) is 13.0. The van der Waals surface area contributed by atoms with Crippen LogP contribution in [0.5, 0.6) is 0 Å². The second-order valence-electron chi connectivity index (χ2n) is 4.01. The van der Waals surface area contributed by atoms with Crippen LogP contribution in [0.1, 0.15) is 35.1 Å². The SMILES string of the molecule is CCn1ncc(Cl)c1C(=O)CCCc1cccs1. The van der Waals surface area contributed by atoms with E-state index in [0.29, 0.717) is 23.7 Å². The Labute approximate surface area is 115 Å². The highest BCUT2D eigenvalue weighted by Crippen LogP contribution is 2.19. The van der Waals surface area contributed by atoms with E-state index in [2.05, 4.69) is 16.5 Å². The summed E-state index contributed by atoms with van der Waals surface area (Å²) in [6, 6.07) is 4.13. The Morgan fingerprint density at radius 1 is 1.56 bits per heavy atom. The summed E-state index contributed by atoms with van der Waals surface area (Å²) >= 11 is 7.72. The van der Waals surface area contributed by atoms with E-state index in [1.54, 1.807) is 16.0 Å². The van der Waals surface area contributed by atoms with Gasteiger partial charge in [-0.25, -0.2) is 0 Å². The number of hydrogen-bond donors (Lipinski definition) is 0. The van der Waals surface area contributed by atoms with Gasteiger partial charge in [0.2, 0.25) is 0 Å². The van der Waals surface area contributed by atoms with E-state index in [9.17, 15) is 4.79 Å². The highest BCUT2D eigenvalue weighted by molar-refractivity contribution is 7.09. The number of carbonyl (C=O) groups is 1. The maximum Gasteiger partial charge on any atom is 0.182 e. The van der Waals surface area contributed by atoms with Crippen molar-refractivity contribution in [1.29, 1.82) is 0 Å². The summed E-state index contributed by atoms with van der Waals surface area (Å²) in [4.78, 5) is 13.4. The molecule has 2 rings (SSSR count). The highest BCUT2D eigenvalue weighted by atomic mass is 35.5. The van der Waals surface area contributed by atoms with E-state index >= 15 is 0 Å². The molecule has 18 heavy (non-hydrogen) atoms. The summed E-state index contributed by atoms with van der Waals surface area (Å²) in [5.74, 6) is 0.0795. The van der Waals surface area contributed by atoms with E-state index in [-0.39, 0.29) is 5.78 Å². The smallest absolute Gasteiger partial charge is 0.182 e. The molecule has 0 bridgehead atoms. The topological polar surface area (TPSA) is 34.9 Å². The van der Waals surface area contributed by atoms with Gasteiger partial charge in [0.25, 0.3) is 0 Å². The van der Waals surface area contributed by atoms with Crippen molar-refractivity contribution in [3.63, 3.8) is 0 Å². The molecule has 0 atom stereocenters. The first-order valence-electron chi connectivity index (χ1n) is 5.99. The van der Waals surface area contributed by atoms with Crippen LogP contribution in [0.25, 0.3) is 0 Å². The lowest BCUT2D eigenvalue weighted by molar-refractivity contribution is 0.0970. The van der Waals surface area contributed by atoms with E-state index in [1.165, 1.54) is 11.1 Å². The number of aromatic nitrogens is 2. The molecule has 0 amide bonds. The number of nitrogens with zero attached hydrogens (tertiary/aromatic N) is 2. The molecule has 0 saturated carbocycles. The van der Waals surface area contributed by atoms with Gasteiger partial charge >= 0.3 is 0 Å². The number of Topliss-reactive ketones (excluding diaryl/α,β-unsaturated/α-hetero) is 1. The van der Waals surface area contributed by atoms with Crippen molar-refractivity contribution < 1.29 is 4.79 Å². The van der Waals surface area contributed by atoms with Crippen LogP contribution in [0.3, 0.4) is 0 Å². The standard InChI is InChI=1S/C13H15ClN2OS/c1-2-16-13(11(14)9-15-16)12(17)7-3-5-10-6-4-8-18-10/h4,6,8-9H,2-3,5,7H2,1H3. The summed E-state index contributed by atoms with van der Waals surface area (Å²) in [7, 11) is 0. The fourth-order valence-electron chi connectivity index (χ4n) is 1.88. The summed E-state index contributed by atoms with van der Waals surface area (Å²) in [5.41, 5.74) is 0.547. The van der Waals surface area contributed by atoms with Crippen LogP contribution in [0.4, 0.5) is 0 Å². The van der Waals surface area contributed by atoms with Crippen LogP contribution in [-0.2, 0) is 13.0 Å². The monoisotopic (exact) mass is 282 g/mol. The molecule has 0 saturated heterocycles. The van der Waals surface area contributed by atoms with Gasteiger partial charge in [-0.1, -0.05) is 17.7 Å². The summed E-state index contributed by atoms with van der Waals surface area (Å²) in [5, 5.41) is 6.59. The molecule has 2 aromatic rings. The molecule has 2 aromatic heterocycles. The predicted molar refractivity (Wildman–Crippen MR) is 74.5 cm³/mol. The van der Waals surface area contributed by atoms with Crippen LogP contribution in [0, 0.1) is 0 Å². The van der Waals surface area contributed by atoms with Crippen molar-refractivity contribution in [1.82, 2.24) is 9.78 Å². The minimum atomic E-state index is 0.0795. The van der Waals surface area contributed by atoms with Crippen LogP contribution in [0.15, 0.2) is 23.7 Å². The Balaban J connectivity index is 1.93. The first-order chi connectivity index (χ1) is 8.72. The lowest BCUT2D eigenvalue weighted by Crippen LogP contribution is -2.10. The third-order valence-electron chi connectivity index (χ3n) is 2.77. The minimum absolute atomic E-state index is 0.0795. The molecular weight excluding hydrogens is 268 g/mol. The number of ketones is 1. The van der Waals surface area contributed by atoms with Crippen molar-refractivity contribution in [3.8, 4) is 0 Å². The van der Waals surface area contributed by atoms with E-state index in [4.69, 9.17) is 11.6 Å². The molecule has 0 aliphatic rings. The van der Waals surface area contributed by atoms with Crippen molar-refractivity contribution in [3.05, 3.63) is 39.3 Å². The van der Waals surface area contributed by atoms with Gasteiger partial charge in [-0.2, -0.15) is 5.10 Å². The molecule has 0 aliphatic heterocycles. The number of hydrogen-bond acceptors (Lipinski definition) is 3. The molecule has 2 heterocycles. The van der Waals surface area contributed by atoms with Gasteiger partial charge in [-0.05, 0) is 31.2 Å². The number of carbonyl (C=O) groups excluding carboxylic acids is 1. The molecule has 96 valence electrons. The fraction of sp³-hybridized carbons (Fsp3) is 0.385. The van der Waals surface area contributed by atoms with E-state index < -0.39 is 0 Å². The summed E-state index contributed by atoms with van der Waals surface area (Å²) < 4.78 is 1.66. The minimum Gasteiger partial charge on any atom is -0.292 e. The number of rotatable bonds is 6. The highest BCUT2D eigenvalue weighted by Gasteiger charge is 2.16. The first-order valence-corrected chi connectivity index (χ1v) is 7.25. The van der Waals surface area contributed by atoms with Crippen molar-refractivity contribution in [2.24, 2.45) is 0 Å². The quantitative estimate of drug-likeness (QED) is 0.755. The number of halogens is 1. The van der Waals surface area contributed by atoms with Crippen LogP contribution in [0.2, 0.25) is 5.02 Å². The first kappa shape index (κ1) is 13.3. The van der Waals surface area contributed by atoms with Gasteiger partial charge in [0.1, 0.15) is 5.69 Å². The van der Waals surface area contributed by atoms with Gasteiger partial charge < -0.3 is 0 Å². The Hall–Kier alpha value is -1.13. The molecule has 5 heteroatoms. The predicted octanol–water partition coefficient (Wildman–Crippen LogP) is 3.82. The zero-order valence-corrected chi connectivity index (χ0v) is 11.8. The lowest BCUT2D eigenvalue weighted by atomic mass is 10.1. The van der Waals surface area contributed by atoms with Crippen LogP contribution >= 0.6 is 22.9 Å². The van der Waals surface area contributed by atoms with Gasteiger partial charge in [-0.3, -0.25) is 9.48 Å². The van der Waals surface area contributed by atoms with Crippen LogP contribution < -0.4 is 0 Å². The Kier molecular flexibility index (Phi) is 4.55. The molecule has 0 aromatic carbocycles. The summed E-state index contributed by atoms with van der Waals surface area (Å²) in [6.07, 6.45) is 3.85. The van der Waals surface area contributed by atoms with E-state index in [1.807, 2.05) is 13.0 Å². The maximum absolute atomic E-state index is 12.1. The Morgan fingerprint density at radius 3 is 3.06 bits per heavy atom. The average molecular weight is 283 g/mol. The maximum atomic E-state index is 12.1. The largest absolute Gasteiger partial charge is 0.292 e. The molecular formula is C13H15ClN2OS. The Morgan fingerprint density at radius 2 is 2.39 bits per heavy atom. The van der Waals surface area contributed by atoms with Gasteiger partial charge in [0.05, 0.1) is 11.2 Å². The number of aryl methyl sites for hydroxylation is 2. The molecule has 0 N–H and O–H groups in total. The molecule has 0 aliphatic carbocycles. The van der Waals surface area contributed by atoms with Crippen LogP contribution in [-0.4, -0.2) is 15.6 Å². The normalized spacial score (nSPS) is 10.8. The lowest BCUT2D eigenvalue weighted by Gasteiger charge is -2.04. The average Bonchev–Trinajstić information content (AvgIpc) is 2.98. The second-order valence-corrected chi connectivity index (χ2v) is 5.45. The van der Waals surface area contributed by atoms with Gasteiger partial charge in [-0.15, -0.1) is 11.3 Å². The molecule has 0 unspecified atom stereocenters. The molecule has 0 fully saturated rings. The fourth-order valence-corrected chi connectivity index (χ4v) is 2.87. The van der Waals surface area contributed by atoms with Crippen molar-refractivity contribution in [2.45, 2.75) is 32.7 Å². The molecule has 0 spiro atoms. The molecule has 0 radical (unpaired) electrons. The van der Waals surface area contributed by atoms with Gasteiger partial charge in [0, 0.05) is 17.8 Å². The third-order valence-corrected chi connectivity index (χ3v) is 3.98. The van der Waals surface area contributed by atoms with Crippen molar-refractivity contribution >= 4 is 28.7 Å². The second kappa shape index (κ2) is 6.16. The van der Waals surface area contributed by atoms with Gasteiger partial charge in [0.15, 0.2) is 5.78 Å². The Bertz CT molecular complexity index is 519.